The van der Waals surface area contributed by atoms with Gasteiger partial charge < -0.3 is 14.8 Å². The van der Waals surface area contributed by atoms with Crippen LogP contribution in [-0.2, 0) is 9.53 Å². The molecule has 0 saturated carbocycles. The topological polar surface area (TPSA) is 64.6 Å². The van der Waals surface area contributed by atoms with Gasteiger partial charge in [0.25, 0.3) is 0 Å². The Labute approximate surface area is 147 Å². The van der Waals surface area contributed by atoms with Crippen molar-refractivity contribution in [1.82, 2.24) is 0 Å². The van der Waals surface area contributed by atoms with Gasteiger partial charge in [0.15, 0.2) is 0 Å². The quantitative estimate of drug-likeness (QED) is 0.613. The van der Waals surface area contributed by atoms with E-state index in [1.165, 1.54) is 13.2 Å². The monoisotopic (exact) mass is 339 g/mol. The second-order valence-electron chi connectivity index (χ2n) is 5.31. The lowest BCUT2D eigenvalue weighted by atomic mass is 10.2. The van der Waals surface area contributed by atoms with Crippen LogP contribution in [-0.4, -0.2) is 25.6 Å². The number of esters is 1. The molecule has 0 radical (unpaired) electrons. The Balaban J connectivity index is 1.90. The van der Waals surface area contributed by atoms with Gasteiger partial charge in [-0.1, -0.05) is 19.1 Å². The summed E-state index contributed by atoms with van der Waals surface area (Å²) in [4.78, 5) is 23.3. The largest absolute Gasteiger partial charge is 0.494 e. The number of benzene rings is 2. The van der Waals surface area contributed by atoms with E-state index in [2.05, 4.69) is 17.0 Å². The predicted molar refractivity (Wildman–Crippen MR) is 97.7 cm³/mol. The molecule has 0 aliphatic rings. The van der Waals surface area contributed by atoms with Crippen LogP contribution in [0.3, 0.4) is 0 Å². The van der Waals surface area contributed by atoms with Gasteiger partial charge in [0.2, 0.25) is 5.91 Å². The summed E-state index contributed by atoms with van der Waals surface area (Å²) < 4.78 is 10.1. The Morgan fingerprint density at radius 3 is 2.32 bits per heavy atom. The van der Waals surface area contributed by atoms with Gasteiger partial charge in [0.05, 0.1) is 19.3 Å². The Bertz CT molecular complexity index is 733. The Kier molecular flexibility index (Phi) is 6.77. The molecule has 25 heavy (non-hydrogen) atoms. The molecule has 0 atom stereocenters. The lowest BCUT2D eigenvalue weighted by molar-refractivity contribution is -0.111. The maximum atomic E-state index is 12.0. The normalized spacial score (nSPS) is 10.5. The van der Waals surface area contributed by atoms with Gasteiger partial charge in [-0.3, -0.25) is 4.79 Å². The van der Waals surface area contributed by atoms with E-state index in [9.17, 15) is 9.59 Å². The number of amides is 1. The van der Waals surface area contributed by atoms with Crippen LogP contribution in [0.2, 0.25) is 0 Å². The third kappa shape index (κ3) is 5.80. The Morgan fingerprint density at radius 2 is 1.72 bits per heavy atom. The zero-order chi connectivity index (χ0) is 18.1. The van der Waals surface area contributed by atoms with E-state index in [1.54, 1.807) is 30.3 Å². The number of anilines is 1. The van der Waals surface area contributed by atoms with Gasteiger partial charge in [-0.2, -0.15) is 0 Å². The van der Waals surface area contributed by atoms with Crippen molar-refractivity contribution in [1.29, 1.82) is 0 Å². The van der Waals surface area contributed by atoms with Crippen molar-refractivity contribution >= 4 is 23.6 Å². The Hall–Kier alpha value is -3.08. The molecule has 0 aliphatic heterocycles. The number of carbonyl (C=O) groups is 2. The highest BCUT2D eigenvalue weighted by molar-refractivity contribution is 6.02. The zero-order valence-corrected chi connectivity index (χ0v) is 14.3. The van der Waals surface area contributed by atoms with Crippen LogP contribution in [0.25, 0.3) is 6.08 Å². The first-order valence-electron chi connectivity index (χ1n) is 8.02. The summed E-state index contributed by atoms with van der Waals surface area (Å²) >= 11 is 0. The second kappa shape index (κ2) is 9.27. The van der Waals surface area contributed by atoms with E-state index >= 15 is 0 Å². The number of ether oxygens (including phenoxy) is 2. The summed E-state index contributed by atoms with van der Waals surface area (Å²) in [5.41, 5.74) is 1.94. The number of hydrogen-bond acceptors (Lipinski definition) is 4. The van der Waals surface area contributed by atoms with Crippen LogP contribution in [0.1, 0.15) is 29.3 Å². The molecule has 2 rings (SSSR count). The van der Waals surface area contributed by atoms with Gasteiger partial charge in [-0.25, -0.2) is 4.79 Å². The molecule has 0 bridgehead atoms. The smallest absolute Gasteiger partial charge is 0.337 e. The SMILES string of the molecule is CCCOc1ccc(C=CC(=O)Nc2ccc(C(=O)OC)cc2)cc1. The van der Waals surface area contributed by atoms with Gasteiger partial charge in [0, 0.05) is 11.8 Å². The van der Waals surface area contributed by atoms with Gasteiger partial charge in [-0.05, 0) is 54.5 Å². The average Bonchev–Trinajstić information content (AvgIpc) is 2.65. The molecule has 1 N–H and O–H groups in total. The molecule has 0 fully saturated rings. The van der Waals surface area contributed by atoms with E-state index in [1.807, 2.05) is 24.3 Å². The number of nitrogens with one attached hydrogen (secondary N) is 1. The number of carbonyl (C=O) groups excluding carboxylic acids is 2. The molecule has 1 amide bonds. The van der Waals surface area contributed by atoms with Crippen LogP contribution in [0.15, 0.2) is 54.6 Å². The maximum Gasteiger partial charge on any atom is 0.337 e. The fourth-order valence-electron chi connectivity index (χ4n) is 2.06. The van der Waals surface area contributed by atoms with E-state index in [0.29, 0.717) is 17.9 Å². The molecular formula is C20H21NO4. The molecule has 2 aromatic rings. The molecule has 0 aromatic heterocycles. The number of hydrogen-bond donors (Lipinski definition) is 1. The predicted octanol–water partition coefficient (Wildman–Crippen LogP) is 3.91. The third-order valence-corrected chi connectivity index (χ3v) is 3.35. The average molecular weight is 339 g/mol. The van der Waals surface area contributed by atoms with Crippen molar-refractivity contribution in [3.05, 3.63) is 65.7 Å². The first-order valence-corrected chi connectivity index (χ1v) is 8.02. The molecule has 5 nitrogen and oxygen atoms in total. The lowest BCUT2D eigenvalue weighted by Crippen LogP contribution is -2.08. The van der Waals surface area contributed by atoms with E-state index in [0.717, 1.165) is 17.7 Å². The van der Waals surface area contributed by atoms with Crippen LogP contribution in [0.5, 0.6) is 5.75 Å². The van der Waals surface area contributed by atoms with Gasteiger partial charge >= 0.3 is 5.97 Å². The molecule has 5 heteroatoms. The molecule has 2 aromatic carbocycles. The van der Waals surface area contributed by atoms with Crippen molar-refractivity contribution in [2.24, 2.45) is 0 Å². The van der Waals surface area contributed by atoms with Crippen LogP contribution < -0.4 is 10.1 Å². The minimum Gasteiger partial charge on any atom is -0.494 e. The number of rotatable bonds is 7. The molecule has 0 aliphatic carbocycles. The van der Waals surface area contributed by atoms with Crippen molar-refractivity contribution in [3.63, 3.8) is 0 Å². The van der Waals surface area contributed by atoms with Crippen LogP contribution in [0, 0.1) is 0 Å². The fraction of sp³-hybridized carbons (Fsp3) is 0.200. The molecule has 0 heterocycles. The highest BCUT2D eigenvalue weighted by atomic mass is 16.5. The minimum atomic E-state index is -0.413. The highest BCUT2D eigenvalue weighted by Crippen LogP contribution is 2.14. The summed E-state index contributed by atoms with van der Waals surface area (Å²) in [5, 5.41) is 2.73. The number of methoxy groups -OCH3 is 1. The van der Waals surface area contributed by atoms with Crippen molar-refractivity contribution in [3.8, 4) is 5.75 Å². The minimum absolute atomic E-state index is 0.253. The standard InChI is InChI=1S/C20H21NO4/c1-3-14-25-18-11-4-15(5-12-18)6-13-19(22)21-17-9-7-16(8-10-17)20(23)24-2/h4-13H,3,14H2,1-2H3,(H,21,22). The second-order valence-corrected chi connectivity index (χ2v) is 5.31. The molecule has 130 valence electrons. The summed E-state index contributed by atoms with van der Waals surface area (Å²) in [7, 11) is 1.32. The Morgan fingerprint density at radius 1 is 1.04 bits per heavy atom. The fourth-order valence-corrected chi connectivity index (χ4v) is 2.06. The van der Waals surface area contributed by atoms with E-state index in [-0.39, 0.29) is 5.91 Å². The molecule has 0 unspecified atom stereocenters. The van der Waals surface area contributed by atoms with Gasteiger partial charge in [-0.15, -0.1) is 0 Å². The van der Waals surface area contributed by atoms with Crippen molar-refractivity contribution in [2.75, 3.05) is 19.0 Å². The zero-order valence-electron chi connectivity index (χ0n) is 14.3. The third-order valence-electron chi connectivity index (χ3n) is 3.35. The van der Waals surface area contributed by atoms with Crippen LogP contribution >= 0.6 is 0 Å². The van der Waals surface area contributed by atoms with Crippen molar-refractivity contribution < 1.29 is 19.1 Å². The summed E-state index contributed by atoms with van der Waals surface area (Å²) in [6.45, 7) is 2.74. The summed E-state index contributed by atoms with van der Waals surface area (Å²) in [5.74, 6) is 0.149. The summed E-state index contributed by atoms with van der Waals surface area (Å²) in [6, 6.07) is 14.0. The molecule has 0 spiro atoms. The lowest BCUT2D eigenvalue weighted by Gasteiger charge is -2.04. The highest BCUT2D eigenvalue weighted by Gasteiger charge is 2.05. The maximum absolute atomic E-state index is 12.0. The molecular weight excluding hydrogens is 318 g/mol. The summed E-state index contributed by atoms with van der Waals surface area (Å²) in [6.07, 6.45) is 4.14. The first kappa shape index (κ1) is 18.3. The van der Waals surface area contributed by atoms with E-state index in [4.69, 9.17) is 4.74 Å². The molecule has 0 saturated heterocycles. The van der Waals surface area contributed by atoms with Crippen molar-refractivity contribution in [2.45, 2.75) is 13.3 Å². The van der Waals surface area contributed by atoms with Gasteiger partial charge in [0.1, 0.15) is 5.75 Å². The van der Waals surface area contributed by atoms with E-state index < -0.39 is 5.97 Å². The first-order chi connectivity index (χ1) is 12.1. The van der Waals surface area contributed by atoms with Crippen LogP contribution in [0.4, 0.5) is 5.69 Å².